The molecule has 0 aromatic carbocycles. The molecule has 0 unspecified atom stereocenters. The van der Waals surface area contributed by atoms with Crippen molar-refractivity contribution in [2.75, 3.05) is 0 Å². The molecule has 0 aromatic heterocycles. The van der Waals surface area contributed by atoms with Crippen molar-refractivity contribution in [2.45, 2.75) is 84.7 Å². The van der Waals surface area contributed by atoms with E-state index in [1.807, 2.05) is 19.1 Å². The first-order valence-corrected chi connectivity index (χ1v) is 11.2. The van der Waals surface area contributed by atoms with Gasteiger partial charge in [-0.1, -0.05) is 44.1 Å². The van der Waals surface area contributed by atoms with Crippen LogP contribution < -0.4 is 5.32 Å². The fourth-order valence-corrected chi connectivity index (χ4v) is 5.88. The molecule has 1 aliphatic heterocycles. The lowest BCUT2D eigenvalue weighted by Crippen LogP contribution is -2.53. The number of aliphatic hydroxyl groups excluding tert-OH is 3. The van der Waals surface area contributed by atoms with Crippen molar-refractivity contribution in [2.24, 2.45) is 29.1 Å². The van der Waals surface area contributed by atoms with Crippen LogP contribution in [0.2, 0.25) is 0 Å². The quantitative estimate of drug-likeness (QED) is 0.405. The largest absolute Gasteiger partial charge is 0.390 e. The van der Waals surface area contributed by atoms with E-state index in [0.717, 1.165) is 12.0 Å². The maximum absolute atomic E-state index is 13.8. The highest BCUT2D eigenvalue weighted by Gasteiger charge is 2.65. The molecule has 6 heteroatoms. The van der Waals surface area contributed by atoms with Gasteiger partial charge in [0.2, 0.25) is 5.91 Å². The van der Waals surface area contributed by atoms with Crippen LogP contribution in [0, 0.1) is 29.1 Å². The van der Waals surface area contributed by atoms with Crippen LogP contribution in [-0.2, 0) is 9.59 Å². The second-order valence-corrected chi connectivity index (χ2v) is 10.1. The number of Topliss-reactive ketones (excluding diaryl/α,β-unsaturated/α-hetero) is 1. The maximum Gasteiger partial charge on any atom is 0.235 e. The minimum absolute atomic E-state index is 0.0411. The van der Waals surface area contributed by atoms with Gasteiger partial charge in [-0.3, -0.25) is 9.59 Å². The van der Waals surface area contributed by atoms with Crippen LogP contribution >= 0.6 is 0 Å². The summed E-state index contributed by atoms with van der Waals surface area (Å²) in [5.74, 6) is -0.827. The molecule has 1 amide bonds. The van der Waals surface area contributed by atoms with Gasteiger partial charge in [-0.15, -0.1) is 0 Å². The number of rotatable bonds is 2. The Morgan fingerprint density at radius 2 is 1.80 bits per heavy atom. The van der Waals surface area contributed by atoms with Crippen molar-refractivity contribution < 1.29 is 24.9 Å². The summed E-state index contributed by atoms with van der Waals surface area (Å²) in [7, 11) is 0. The average molecular weight is 420 g/mol. The van der Waals surface area contributed by atoms with E-state index >= 15 is 0 Å². The Labute approximate surface area is 179 Å². The lowest BCUT2D eigenvalue weighted by molar-refractivity contribution is -0.148. The van der Waals surface area contributed by atoms with E-state index in [4.69, 9.17) is 0 Å². The Morgan fingerprint density at radius 3 is 2.43 bits per heavy atom. The zero-order chi connectivity index (χ0) is 22.4. The Balaban J connectivity index is 2.18. The van der Waals surface area contributed by atoms with E-state index in [1.165, 1.54) is 5.57 Å². The first kappa shape index (κ1) is 23.2. The number of ketones is 1. The highest BCUT2D eigenvalue weighted by atomic mass is 16.4. The molecule has 3 rings (SSSR count). The van der Waals surface area contributed by atoms with E-state index in [1.54, 1.807) is 0 Å². The van der Waals surface area contributed by atoms with Crippen LogP contribution in [-0.4, -0.2) is 51.4 Å². The first-order chi connectivity index (χ1) is 14.0. The fraction of sp³-hybridized carbons (Fsp3) is 0.750. The smallest absolute Gasteiger partial charge is 0.235 e. The second-order valence-electron chi connectivity index (χ2n) is 10.1. The van der Waals surface area contributed by atoms with Gasteiger partial charge >= 0.3 is 0 Å². The summed E-state index contributed by atoms with van der Waals surface area (Å²) in [5, 5.41) is 34.3. The molecule has 1 saturated heterocycles. The van der Waals surface area contributed by atoms with Crippen molar-refractivity contribution in [3.8, 4) is 0 Å². The van der Waals surface area contributed by atoms with Gasteiger partial charge in [0, 0.05) is 24.3 Å². The predicted octanol–water partition coefficient (Wildman–Crippen LogP) is 2.13. The lowest BCUT2D eigenvalue weighted by Gasteiger charge is -2.45. The monoisotopic (exact) mass is 419 g/mol. The highest BCUT2D eigenvalue weighted by molar-refractivity contribution is 6.09. The van der Waals surface area contributed by atoms with Crippen molar-refractivity contribution in [1.82, 2.24) is 5.32 Å². The highest BCUT2D eigenvalue weighted by Crippen LogP contribution is 2.55. The Bertz CT molecular complexity index is 757. The number of carbonyl (C=O) groups is 2. The summed E-state index contributed by atoms with van der Waals surface area (Å²) in [4.78, 5) is 27.3. The fourth-order valence-electron chi connectivity index (χ4n) is 5.88. The van der Waals surface area contributed by atoms with Gasteiger partial charge in [0.25, 0.3) is 0 Å². The van der Waals surface area contributed by atoms with E-state index in [-0.39, 0.29) is 36.0 Å². The minimum atomic E-state index is -1.41. The van der Waals surface area contributed by atoms with Crippen LogP contribution in [0.25, 0.3) is 0 Å². The number of hydrogen-bond donors (Lipinski definition) is 4. The van der Waals surface area contributed by atoms with Crippen molar-refractivity contribution >= 4 is 11.7 Å². The summed E-state index contributed by atoms with van der Waals surface area (Å²) in [6.07, 6.45) is 1.35. The number of hydrogen-bond acceptors (Lipinski definition) is 5. The van der Waals surface area contributed by atoms with Gasteiger partial charge in [0.15, 0.2) is 5.78 Å². The zero-order valence-corrected chi connectivity index (χ0v) is 18.8. The van der Waals surface area contributed by atoms with Gasteiger partial charge in [0.05, 0.1) is 12.2 Å². The molecular weight excluding hydrogens is 382 g/mol. The van der Waals surface area contributed by atoms with Crippen molar-refractivity contribution in [1.29, 1.82) is 0 Å². The number of allylic oxidation sites excluding steroid dienone is 4. The maximum atomic E-state index is 13.8. The molecule has 0 aromatic rings. The summed E-state index contributed by atoms with van der Waals surface area (Å²) in [6, 6.07) is -0.117. The molecule has 8 atom stereocenters. The Morgan fingerprint density at radius 1 is 1.13 bits per heavy atom. The molecule has 1 heterocycles. The summed E-state index contributed by atoms with van der Waals surface area (Å²) >= 11 is 0. The van der Waals surface area contributed by atoms with Crippen LogP contribution in [0.15, 0.2) is 23.3 Å². The van der Waals surface area contributed by atoms with E-state index in [0.29, 0.717) is 18.8 Å². The molecule has 6 nitrogen and oxygen atoms in total. The summed E-state index contributed by atoms with van der Waals surface area (Å²) in [5.41, 5.74) is 0.834. The third kappa shape index (κ3) is 3.78. The molecule has 168 valence electrons. The standard InChI is InChI=1S/C24H37NO5/c1-12(2)8-17-21-15(5)14(4)10-16-9-13(3)6-7-18(26)22(29)19(27)11-20(28)24(16,21)23(30)25-17/h9-10,12,15-19,21-22,26-27,29H,6-8,11H2,1-5H3,(H,25,30)/b13-9+/t15-,16+,17+,18+,19-,21-,22+,24-/m1/s1. The van der Waals surface area contributed by atoms with Crippen molar-refractivity contribution in [3.63, 3.8) is 0 Å². The van der Waals surface area contributed by atoms with Crippen LogP contribution in [0.5, 0.6) is 0 Å². The first-order valence-electron chi connectivity index (χ1n) is 11.2. The summed E-state index contributed by atoms with van der Waals surface area (Å²) < 4.78 is 0. The molecule has 1 fully saturated rings. The number of amides is 1. The van der Waals surface area contributed by atoms with E-state index in [2.05, 4.69) is 33.0 Å². The molecular formula is C24H37NO5. The van der Waals surface area contributed by atoms with E-state index in [9.17, 15) is 24.9 Å². The van der Waals surface area contributed by atoms with Gasteiger partial charge in [-0.2, -0.15) is 0 Å². The van der Waals surface area contributed by atoms with Crippen LogP contribution in [0.3, 0.4) is 0 Å². The predicted molar refractivity (Wildman–Crippen MR) is 114 cm³/mol. The normalized spacial score (nSPS) is 44.4. The van der Waals surface area contributed by atoms with E-state index < -0.39 is 29.6 Å². The topological polar surface area (TPSA) is 107 Å². The number of aliphatic hydroxyl groups is 3. The van der Waals surface area contributed by atoms with Crippen molar-refractivity contribution in [3.05, 3.63) is 23.3 Å². The number of carbonyl (C=O) groups excluding carboxylic acids is 2. The molecule has 1 spiro atoms. The van der Waals surface area contributed by atoms with Crippen LogP contribution in [0.4, 0.5) is 0 Å². The average Bonchev–Trinajstić information content (AvgIpc) is 2.94. The van der Waals surface area contributed by atoms with Crippen LogP contribution in [0.1, 0.15) is 60.3 Å². The van der Waals surface area contributed by atoms with Gasteiger partial charge in [0.1, 0.15) is 11.5 Å². The van der Waals surface area contributed by atoms with Gasteiger partial charge in [-0.25, -0.2) is 0 Å². The van der Waals surface area contributed by atoms with Gasteiger partial charge in [-0.05, 0) is 44.9 Å². The molecule has 0 bridgehead atoms. The number of nitrogens with one attached hydrogen (secondary N) is 1. The Kier molecular flexibility index (Phi) is 6.61. The lowest BCUT2D eigenvalue weighted by atomic mass is 9.54. The molecule has 0 saturated carbocycles. The second kappa shape index (κ2) is 8.56. The Hall–Kier alpha value is -1.50. The molecule has 4 N–H and O–H groups in total. The SMILES string of the molecule is CC1=C[C@@H]2/C=C(\C)CC[C@H](O)[C@H](O)[C@H](O)CC(=O)[C@]23C(=O)N[C@@H](CC(C)C)[C@H]3[C@@H]1C. The third-order valence-corrected chi connectivity index (χ3v) is 7.54. The molecule has 3 aliphatic rings. The molecule has 0 radical (unpaired) electrons. The third-order valence-electron chi connectivity index (χ3n) is 7.54. The minimum Gasteiger partial charge on any atom is -0.390 e. The zero-order valence-electron chi connectivity index (χ0n) is 18.8. The van der Waals surface area contributed by atoms with Gasteiger partial charge < -0.3 is 20.6 Å². The molecule has 2 aliphatic carbocycles. The summed E-state index contributed by atoms with van der Waals surface area (Å²) in [6.45, 7) is 10.3. The molecule has 30 heavy (non-hydrogen) atoms.